The van der Waals surface area contributed by atoms with Gasteiger partial charge in [0.05, 0.1) is 32.3 Å². The van der Waals surface area contributed by atoms with Crippen LogP contribution in [0.1, 0.15) is 53.6 Å². The molecule has 0 bridgehead atoms. The van der Waals surface area contributed by atoms with Crippen molar-refractivity contribution in [3.05, 3.63) is 100 Å². The van der Waals surface area contributed by atoms with Crippen LogP contribution in [0.2, 0.25) is 0 Å². The first-order valence-corrected chi connectivity index (χ1v) is 12.4. The maximum absolute atomic E-state index is 13.5. The predicted octanol–water partition coefficient (Wildman–Crippen LogP) is 5.47. The summed E-state index contributed by atoms with van der Waals surface area (Å²) in [6.07, 6.45) is 0.0898. The average Bonchev–Trinajstić information content (AvgIpc) is 3.18. The van der Waals surface area contributed by atoms with Gasteiger partial charge in [0.15, 0.2) is 0 Å². The minimum atomic E-state index is -0.841. The maximum Gasteiger partial charge on any atom is 0.309 e. The second kappa shape index (κ2) is 10.9. The molecule has 1 heterocycles. The van der Waals surface area contributed by atoms with Gasteiger partial charge in [0, 0.05) is 11.3 Å². The second-order valence-electron chi connectivity index (χ2n) is 9.56. The van der Waals surface area contributed by atoms with Gasteiger partial charge < -0.3 is 14.6 Å². The van der Waals surface area contributed by atoms with Crippen LogP contribution >= 0.6 is 0 Å². The Morgan fingerprint density at radius 2 is 1.68 bits per heavy atom. The van der Waals surface area contributed by atoms with Crippen LogP contribution in [0.3, 0.4) is 0 Å². The van der Waals surface area contributed by atoms with E-state index in [0.29, 0.717) is 22.6 Å². The average molecular weight is 514 g/mol. The fourth-order valence-corrected chi connectivity index (χ4v) is 4.79. The van der Waals surface area contributed by atoms with Gasteiger partial charge >= 0.3 is 5.97 Å². The highest BCUT2D eigenvalue weighted by molar-refractivity contribution is 6.51. The van der Waals surface area contributed by atoms with Crippen LogP contribution in [0.25, 0.3) is 5.76 Å². The van der Waals surface area contributed by atoms with Gasteiger partial charge in [-0.05, 0) is 65.4 Å². The van der Waals surface area contributed by atoms with Crippen molar-refractivity contribution in [2.45, 2.75) is 39.2 Å². The number of aliphatic hydroxyl groups is 1. The zero-order valence-electron chi connectivity index (χ0n) is 22.1. The SMILES string of the molecule is COC(=O)Cc1ccc(N2C(=O)C(=O)/C(=C(/O)c3ccc(OC)c(C(C)C)c3)C2c2ccccc2C)cc1. The van der Waals surface area contributed by atoms with Crippen LogP contribution in [0, 0.1) is 6.92 Å². The molecule has 1 saturated heterocycles. The smallest absolute Gasteiger partial charge is 0.309 e. The van der Waals surface area contributed by atoms with Crippen molar-refractivity contribution in [1.29, 1.82) is 0 Å². The predicted molar refractivity (Wildman–Crippen MR) is 145 cm³/mol. The second-order valence-corrected chi connectivity index (χ2v) is 9.56. The molecule has 1 atom stereocenters. The molecule has 3 aromatic rings. The van der Waals surface area contributed by atoms with E-state index in [1.54, 1.807) is 49.6 Å². The highest BCUT2D eigenvalue weighted by Gasteiger charge is 2.47. The fourth-order valence-electron chi connectivity index (χ4n) is 4.79. The number of anilines is 1. The van der Waals surface area contributed by atoms with E-state index in [1.807, 2.05) is 45.0 Å². The summed E-state index contributed by atoms with van der Waals surface area (Å²) in [6, 6.07) is 18.7. The number of benzene rings is 3. The van der Waals surface area contributed by atoms with Crippen molar-refractivity contribution < 1.29 is 29.0 Å². The third-order valence-electron chi connectivity index (χ3n) is 6.84. The van der Waals surface area contributed by atoms with Gasteiger partial charge in [0.1, 0.15) is 11.5 Å². The lowest BCUT2D eigenvalue weighted by Crippen LogP contribution is -2.29. The molecule has 0 spiro atoms. The molecule has 3 aromatic carbocycles. The van der Waals surface area contributed by atoms with Gasteiger partial charge in [-0.15, -0.1) is 0 Å². The monoisotopic (exact) mass is 513 g/mol. The molecular formula is C31H31NO6. The minimum absolute atomic E-state index is 0.0165. The number of aliphatic hydroxyl groups excluding tert-OH is 1. The summed E-state index contributed by atoms with van der Waals surface area (Å²) >= 11 is 0. The number of hydrogen-bond acceptors (Lipinski definition) is 6. The highest BCUT2D eigenvalue weighted by Crippen LogP contribution is 2.43. The van der Waals surface area contributed by atoms with E-state index in [2.05, 4.69) is 0 Å². The summed E-state index contributed by atoms with van der Waals surface area (Å²) in [4.78, 5) is 40.1. The summed E-state index contributed by atoms with van der Waals surface area (Å²) in [5, 5.41) is 11.5. The normalized spacial score (nSPS) is 16.7. The lowest BCUT2D eigenvalue weighted by Gasteiger charge is -2.27. The molecule has 1 unspecified atom stereocenters. The number of ether oxygens (including phenoxy) is 2. The number of carbonyl (C=O) groups is 3. The quantitative estimate of drug-likeness (QED) is 0.195. The molecular weight excluding hydrogens is 482 g/mol. The third-order valence-corrected chi connectivity index (χ3v) is 6.84. The van der Waals surface area contributed by atoms with Gasteiger partial charge in [-0.25, -0.2) is 0 Å². The number of Topliss-reactive ketones (excluding diaryl/α,β-unsaturated/α-hetero) is 1. The zero-order chi connectivity index (χ0) is 27.6. The molecule has 1 aliphatic heterocycles. The number of rotatable bonds is 7. The number of carbonyl (C=O) groups excluding carboxylic acids is 3. The summed E-state index contributed by atoms with van der Waals surface area (Å²) in [5.41, 5.74) is 4.11. The van der Waals surface area contributed by atoms with Crippen molar-refractivity contribution >= 4 is 29.1 Å². The molecule has 1 N–H and O–H groups in total. The fraction of sp³-hybridized carbons (Fsp3) is 0.258. The molecule has 1 aliphatic rings. The van der Waals surface area contributed by atoms with Gasteiger partial charge in [-0.1, -0.05) is 50.2 Å². The first kappa shape index (κ1) is 26.7. The Balaban J connectivity index is 1.89. The molecule has 0 aromatic heterocycles. The van der Waals surface area contributed by atoms with Gasteiger partial charge in [-0.2, -0.15) is 0 Å². The summed E-state index contributed by atoms with van der Waals surface area (Å²) < 4.78 is 10.2. The number of nitrogens with zero attached hydrogens (tertiary/aromatic N) is 1. The number of amides is 1. The summed E-state index contributed by atoms with van der Waals surface area (Å²) in [5.74, 6) is -1.34. The van der Waals surface area contributed by atoms with Crippen molar-refractivity contribution in [3.63, 3.8) is 0 Å². The molecule has 0 radical (unpaired) electrons. The molecule has 1 fully saturated rings. The Morgan fingerprint density at radius 1 is 1.00 bits per heavy atom. The van der Waals surface area contributed by atoms with Crippen molar-refractivity contribution in [2.24, 2.45) is 0 Å². The molecule has 0 saturated carbocycles. The molecule has 196 valence electrons. The molecule has 0 aliphatic carbocycles. The summed E-state index contributed by atoms with van der Waals surface area (Å²) in [6.45, 7) is 5.93. The van der Waals surface area contributed by atoms with Crippen LogP contribution in [-0.2, 0) is 25.5 Å². The number of hydrogen-bond donors (Lipinski definition) is 1. The first-order chi connectivity index (χ1) is 18.2. The number of ketones is 1. The topological polar surface area (TPSA) is 93.1 Å². The van der Waals surface area contributed by atoms with E-state index in [9.17, 15) is 19.5 Å². The third kappa shape index (κ3) is 4.92. The largest absolute Gasteiger partial charge is 0.507 e. The van der Waals surface area contributed by atoms with Crippen LogP contribution in [0.15, 0.2) is 72.3 Å². The molecule has 4 rings (SSSR count). The van der Waals surface area contributed by atoms with E-state index in [-0.39, 0.29) is 29.6 Å². The van der Waals surface area contributed by atoms with Crippen LogP contribution in [0.4, 0.5) is 5.69 Å². The number of methoxy groups -OCH3 is 2. The molecule has 7 nitrogen and oxygen atoms in total. The molecule has 38 heavy (non-hydrogen) atoms. The van der Waals surface area contributed by atoms with Crippen molar-refractivity contribution in [1.82, 2.24) is 0 Å². The van der Waals surface area contributed by atoms with Gasteiger partial charge in [0.25, 0.3) is 11.7 Å². The standard InChI is InChI=1S/C31H31NO6/c1-18(2)24-17-21(12-15-25(24)37-4)29(34)27-28(23-9-7-6-8-19(23)3)32(31(36)30(27)35)22-13-10-20(11-14-22)16-26(33)38-5/h6-15,17-18,28,34H,16H2,1-5H3/b29-27+. The minimum Gasteiger partial charge on any atom is -0.507 e. The lowest BCUT2D eigenvalue weighted by molar-refractivity contribution is -0.139. The van der Waals surface area contributed by atoms with Gasteiger partial charge in [-0.3, -0.25) is 19.3 Å². The van der Waals surface area contributed by atoms with E-state index >= 15 is 0 Å². The number of esters is 1. The molecule has 1 amide bonds. The first-order valence-electron chi connectivity index (χ1n) is 12.4. The highest BCUT2D eigenvalue weighted by atomic mass is 16.5. The van der Waals surface area contributed by atoms with Crippen LogP contribution < -0.4 is 9.64 Å². The van der Waals surface area contributed by atoms with E-state index in [1.165, 1.54) is 12.0 Å². The number of aryl methyl sites for hydroxylation is 1. The van der Waals surface area contributed by atoms with Crippen LogP contribution in [-0.4, -0.2) is 37.0 Å². The van der Waals surface area contributed by atoms with E-state index in [0.717, 1.165) is 16.7 Å². The zero-order valence-corrected chi connectivity index (χ0v) is 22.1. The Morgan fingerprint density at radius 3 is 2.29 bits per heavy atom. The van der Waals surface area contributed by atoms with E-state index < -0.39 is 17.7 Å². The van der Waals surface area contributed by atoms with Crippen molar-refractivity contribution in [3.8, 4) is 5.75 Å². The molecule has 7 heteroatoms. The van der Waals surface area contributed by atoms with Crippen LogP contribution in [0.5, 0.6) is 5.75 Å². The maximum atomic E-state index is 13.5. The Bertz CT molecular complexity index is 1420. The lowest BCUT2D eigenvalue weighted by atomic mass is 9.91. The summed E-state index contributed by atoms with van der Waals surface area (Å²) in [7, 11) is 2.91. The Kier molecular flexibility index (Phi) is 7.67. The van der Waals surface area contributed by atoms with Crippen molar-refractivity contribution in [2.75, 3.05) is 19.1 Å². The Labute approximate surface area is 222 Å². The van der Waals surface area contributed by atoms with Gasteiger partial charge in [0.2, 0.25) is 0 Å². The van der Waals surface area contributed by atoms with E-state index in [4.69, 9.17) is 9.47 Å². The Hall–Kier alpha value is -4.39.